The molecule has 0 saturated heterocycles. The molecule has 4 nitrogen and oxygen atoms in total. The first-order valence-electron chi connectivity index (χ1n) is 7.61. The van der Waals surface area contributed by atoms with Gasteiger partial charge in [-0.05, 0) is 56.0 Å². The van der Waals surface area contributed by atoms with Crippen molar-refractivity contribution in [3.63, 3.8) is 0 Å². The molecule has 1 atom stereocenters. The number of hydrogen-bond acceptors (Lipinski definition) is 3. The molecule has 1 aromatic carbocycles. The molecule has 0 radical (unpaired) electrons. The van der Waals surface area contributed by atoms with E-state index < -0.39 is 10.0 Å². The fourth-order valence-corrected chi connectivity index (χ4v) is 4.35. The van der Waals surface area contributed by atoms with Gasteiger partial charge in [-0.1, -0.05) is 32.4 Å². The maximum absolute atomic E-state index is 12.5. The van der Waals surface area contributed by atoms with Gasteiger partial charge < -0.3 is 5.32 Å². The summed E-state index contributed by atoms with van der Waals surface area (Å²) in [4.78, 5) is 0.360. The van der Waals surface area contributed by atoms with Crippen LogP contribution in [0.15, 0.2) is 29.2 Å². The van der Waals surface area contributed by atoms with E-state index in [0.717, 1.165) is 37.8 Å². The molecule has 2 N–H and O–H groups in total. The van der Waals surface area contributed by atoms with E-state index in [1.807, 2.05) is 19.2 Å². The molecule has 1 aliphatic rings. The predicted molar refractivity (Wildman–Crippen MR) is 85.8 cm³/mol. The minimum Gasteiger partial charge on any atom is -0.319 e. The molecule has 1 unspecified atom stereocenters. The van der Waals surface area contributed by atoms with E-state index in [2.05, 4.69) is 23.9 Å². The second kappa shape index (κ2) is 6.46. The van der Waals surface area contributed by atoms with Crippen LogP contribution in [0.4, 0.5) is 0 Å². The smallest absolute Gasteiger partial charge is 0.240 e. The zero-order valence-electron chi connectivity index (χ0n) is 13.1. The Morgan fingerprint density at radius 2 is 1.90 bits per heavy atom. The Kier molecular flexibility index (Phi) is 5.07. The average Bonchev–Trinajstić information content (AvgIpc) is 2.75. The van der Waals surface area contributed by atoms with Crippen LogP contribution in [0.1, 0.15) is 38.7 Å². The molecular weight excluding hydrogens is 284 g/mol. The van der Waals surface area contributed by atoms with Crippen molar-refractivity contribution in [3.8, 4) is 0 Å². The molecule has 1 saturated carbocycles. The van der Waals surface area contributed by atoms with Crippen LogP contribution >= 0.6 is 0 Å². The van der Waals surface area contributed by atoms with Gasteiger partial charge in [-0.3, -0.25) is 0 Å². The lowest BCUT2D eigenvalue weighted by atomic mass is 9.88. The van der Waals surface area contributed by atoms with Crippen molar-refractivity contribution in [2.24, 2.45) is 5.41 Å². The molecule has 5 heteroatoms. The Hall–Kier alpha value is -0.910. The summed E-state index contributed by atoms with van der Waals surface area (Å²) in [5.41, 5.74) is 1.18. The van der Waals surface area contributed by atoms with Gasteiger partial charge in [-0.2, -0.15) is 0 Å². The van der Waals surface area contributed by atoms with Crippen molar-refractivity contribution in [1.82, 2.24) is 10.0 Å². The summed E-state index contributed by atoms with van der Waals surface area (Å²) in [6.45, 7) is 5.16. The van der Waals surface area contributed by atoms with Gasteiger partial charge in [-0.15, -0.1) is 0 Å². The van der Waals surface area contributed by atoms with Crippen molar-refractivity contribution in [3.05, 3.63) is 29.8 Å². The van der Waals surface area contributed by atoms with E-state index >= 15 is 0 Å². The molecule has 0 aromatic heterocycles. The fourth-order valence-electron chi connectivity index (χ4n) is 2.91. The number of nitrogens with one attached hydrogen (secondary N) is 2. The summed E-state index contributed by atoms with van der Waals surface area (Å²) in [6.07, 6.45) is 3.98. The fraction of sp³-hybridized carbons (Fsp3) is 0.625. The first-order chi connectivity index (χ1) is 9.85. The molecule has 1 fully saturated rings. The van der Waals surface area contributed by atoms with Gasteiger partial charge in [0.15, 0.2) is 0 Å². The minimum absolute atomic E-state index is 0.0338. The molecule has 21 heavy (non-hydrogen) atoms. The second-order valence-electron chi connectivity index (χ2n) is 6.55. The number of likely N-dealkylation sites (N-methyl/N-ethyl adjacent to an activating group) is 1. The molecule has 0 heterocycles. The highest BCUT2D eigenvalue weighted by atomic mass is 32.2. The van der Waals surface area contributed by atoms with Gasteiger partial charge in [0.25, 0.3) is 0 Å². The zero-order chi connectivity index (χ0) is 15.5. The number of sulfonamides is 1. The van der Waals surface area contributed by atoms with E-state index in [0.29, 0.717) is 4.90 Å². The molecule has 118 valence electrons. The summed E-state index contributed by atoms with van der Waals surface area (Å²) < 4.78 is 27.8. The number of benzene rings is 1. The molecule has 2 rings (SSSR count). The van der Waals surface area contributed by atoms with Crippen molar-refractivity contribution in [2.75, 3.05) is 13.6 Å². The average molecular weight is 310 g/mol. The molecule has 0 aliphatic heterocycles. The third-order valence-corrected chi connectivity index (χ3v) is 5.94. The van der Waals surface area contributed by atoms with Crippen LogP contribution < -0.4 is 10.0 Å². The van der Waals surface area contributed by atoms with Gasteiger partial charge in [-0.25, -0.2) is 13.1 Å². The van der Waals surface area contributed by atoms with Gasteiger partial charge in [0, 0.05) is 6.04 Å². The van der Waals surface area contributed by atoms with Gasteiger partial charge >= 0.3 is 0 Å². The van der Waals surface area contributed by atoms with E-state index in [4.69, 9.17) is 0 Å². The van der Waals surface area contributed by atoms with Crippen molar-refractivity contribution in [2.45, 2.75) is 50.5 Å². The minimum atomic E-state index is -3.42. The quantitative estimate of drug-likeness (QED) is 0.847. The third-order valence-electron chi connectivity index (χ3n) is 4.45. The van der Waals surface area contributed by atoms with E-state index in [1.54, 1.807) is 12.1 Å². The first-order valence-corrected chi connectivity index (χ1v) is 9.09. The van der Waals surface area contributed by atoms with Crippen LogP contribution in [0.5, 0.6) is 0 Å². The highest BCUT2D eigenvalue weighted by molar-refractivity contribution is 7.89. The maximum atomic E-state index is 12.5. The Morgan fingerprint density at radius 1 is 1.24 bits per heavy atom. The lowest BCUT2D eigenvalue weighted by Gasteiger charge is -2.27. The molecule has 1 aromatic rings. The van der Waals surface area contributed by atoms with Crippen molar-refractivity contribution >= 4 is 10.0 Å². The Balaban J connectivity index is 2.09. The number of rotatable bonds is 6. The van der Waals surface area contributed by atoms with Crippen molar-refractivity contribution in [1.29, 1.82) is 0 Å². The van der Waals surface area contributed by atoms with Crippen molar-refractivity contribution < 1.29 is 8.42 Å². The van der Waals surface area contributed by atoms with Crippen LogP contribution in [-0.2, 0) is 16.4 Å². The van der Waals surface area contributed by atoms with E-state index in [-0.39, 0.29) is 11.5 Å². The lowest BCUT2D eigenvalue weighted by molar-refractivity contribution is 0.313. The molecule has 0 spiro atoms. The summed E-state index contributed by atoms with van der Waals surface area (Å²) >= 11 is 0. The normalized spacial score (nSPS) is 21.6. The van der Waals surface area contributed by atoms with Gasteiger partial charge in [0.05, 0.1) is 4.90 Å². The monoisotopic (exact) mass is 310 g/mol. The predicted octanol–water partition coefficient (Wildman–Crippen LogP) is 2.31. The molecular formula is C16H26N2O2S. The van der Waals surface area contributed by atoms with Crippen LogP contribution in [0.25, 0.3) is 0 Å². The largest absolute Gasteiger partial charge is 0.319 e. The standard InChI is InChI=1S/C16H26N2O2S/c1-16(2)11-4-5-15(16)18-21(19,20)14-8-6-13(7-9-14)10-12-17-3/h6-9,15,17-18H,4-5,10-12H2,1-3H3. The second-order valence-corrected chi connectivity index (χ2v) is 8.27. The van der Waals surface area contributed by atoms with Gasteiger partial charge in [0.1, 0.15) is 0 Å². The Labute approximate surface area is 128 Å². The Bertz CT molecular complexity index is 564. The summed E-state index contributed by atoms with van der Waals surface area (Å²) in [5.74, 6) is 0. The summed E-state index contributed by atoms with van der Waals surface area (Å²) in [7, 11) is -1.51. The van der Waals surface area contributed by atoms with E-state index in [1.165, 1.54) is 0 Å². The molecule has 1 aliphatic carbocycles. The van der Waals surface area contributed by atoms with Crippen LogP contribution in [0, 0.1) is 5.41 Å². The van der Waals surface area contributed by atoms with Crippen LogP contribution in [0.3, 0.4) is 0 Å². The summed E-state index contributed by atoms with van der Waals surface area (Å²) in [6, 6.07) is 7.23. The molecule has 0 amide bonds. The summed E-state index contributed by atoms with van der Waals surface area (Å²) in [5, 5.41) is 3.09. The topological polar surface area (TPSA) is 58.2 Å². The maximum Gasteiger partial charge on any atom is 0.240 e. The highest BCUT2D eigenvalue weighted by Crippen LogP contribution is 2.37. The molecule has 0 bridgehead atoms. The highest BCUT2D eigenvalue weighted by Gasteiger charge is 2.37. The van der Waals surface area contributed by atoms with Crippen LogP contribution in [-0.4, -0.2) is 28.1 Å². The lowest BCUT2D eigenvalue weighted by Crippen LogP contribution is -2.41. The first kappa shape index (κ1) is 16.5. The van der Waals surface area contributed by atoms with Gasteiger partial charge in [0.2, 0.25) is 10.0 Å². The Morgan fingerprint density at radius 3 is 2.43 bits per heavy atom. The van der Waals surface area contributed by atoms with E-state index in [9.17, 15) is 8.42 Å². The zero-order valence-corrected chi connectivity index (χ0v) is 14.0. The SMILES string of the molecule is CNCCc1ccc(S(=O)(=O)NC2CCCC2(C)C)cc1. The number of hydrogen-bond donors (Lipinski definition) is 2. The van der Waals surface area contributed by atoms with Crippen LogP contribution in [0.2, 0.25) is 0 Å². The third kappa shape index (κ3) is 4.05.